The fraction of sp³-hybridized carbons (Fsp3) is 0.571. The summed E-state index contributed by atoms with van der Waals surface area (Å²) in [5.41, 5.74) is 0.946. The number of benzene rings is 1. The Kier molecular flexibility index (Phi) is 4.67. The van der Waals surface area contributed by atoms with Crippen LogP contribution in [0, 0.1) is 0 Å². The molecule has 0 aliphatic carbocycles. The van der Waals surface area contributed by atoms with Gasteiger partial charge in [0.2, 0.25) is 10.0 Å². The molecule has 112 valence electrons. The van der Waals surface area contributed by atoms with Crippen LogP contribution < -0.4 is 5.32 Å². The third-order valence-electron chi connectivity index (χ3n) is 3.49. The molecule has 1 aliphatic rings. The van der Waals surface area contributed by atoms with Crippen LogP contribution in [0.2, 0.25) is 0 Å². The summed E-state index contributed by atoms with van der Waals surface area (Å²) in [7, 11) is -0.285. The first-order valence-electron chi connectivity index (χ1n) is 6.80. The molecule has 1 aromatic rings. The Morgan fingerprint density at radius 1 is 1.25 bits per heavy atom. The van der Waals surface area contributed by atoms with Gasteiger partial charge in [0.25, 0.3) is 0 Å². The van der Waals surface area contributed by atoms with Gasteiger partial charge in [-0.25, -0.2) is 12.7 Å². The lowest BCUT2D eigenvalue weighted by atomic mass is 10.0. The normalized spacial score (nSPS) is 23.8. The summed E-state index contributed by atoms with van der Waals surface area (Å²) in [4.78, 5) is 0.313. The second-order valence-corrected chi connectivity index (χ2v) is 7.51. The molecule has 1 aliphatic heterocycles. The molecule has 2 unspecified atom stereocenters. The van der Waals surface area contributed by atoms with Crippen LogP contribution in [0.15, 0.2) is 29.2 Å². The molecule has 0 radical (unpaired) electrons. The summed E-state index contributed by atoms with van der Waals surface area (Å²) in [6.07, 6.45) is 2.22. The van der Waals surface area contributed by atoms with E-state index in [4.69, 9.17) is 4.74 Å². The van der Waals surface area contributed by atoms with Crippen LogP contribution in [0.1, 0.15) is 19.8 Å². The summed E-state index contributed by atoms with van der Waals surface area (Å²) >= 11 is 0. The van der Waals surface area contributed by atoms with Crippen LogP contribution in [-0.4, -0.2) is 45.6 Å². The van der Waals surface area contributed by atoms with Crippen LogP contribution in [0.25, 0.3) is 0 Å². The molecule has 0 saturated carbocycles. The van der Waals surface area contributed by atoms with Crippen molar-refractivity contribution in [3.8, 4) is 0 Å². The van der Waals surface area contributed by atoms with Gasteiger partial charge in [-0.3, -0.25) is 0 Å². The highest BCUT2D eigenvalue weighted by Gasteiger charge is 2.20. The third kappa shape index (κ3) is 3.50. The highest BCUT2D eigenvalue weighted by atomic mass is 32.2. The molecule has 0 bridgehead atoms. The SMILES string of the molecule is CC1CC(Nc2ccc(S(=O)(=O)N(C)C)cc2)CCO1. The highest BCUT2D eigenvalue weighted by molar-refractivity contribution is 7.89. The van der Waals surface area contributed by atoms with Crippen molar-refractivity contribution in [2.75, 3.05) is 26.0 Å². The van der Waals surface area contributed by atoms with E-state index in [-0.39, 0.29) is 6.10 Å². The Morgan fingerprint density at radius 2 is 1.90 bits per heavy atom. The number of anilines is 1. The van der Waals surface area contributed by atoms with Gasteiger partial charge in [-0.2, -0.15) is 0 Å². The Hall–Kier alpha value is -1.11. The summed E-state index contributed by atoms with van der Waals surface area (Å²) < 4.78 is 30.7. The fourth-order valence-electron chi connectivity index (χ4n) is 2.30. The summed E-state index contributed by atoms with van der Waals surface area (Å²) in [5, 5.41) is 3.43. The van der Waals surface area contributed by atoms with E-state index in [0.717, 1.165) is 25.1 Å². The first-order chi connectivity index (χ1) is 9.39. The Bertz CT molecular complexity index is 540. The average Bonchev–Trinajstić information content (AvgIpc) is 2.39. The Morgan fingerprint density at radius 3 is 2.45 bits per heavy atom. The van der Waals surface area contributed by atoms with E-state index >= 15 is 0 Å². The molecule has 0 aromatic heterocycles. The van der Waals surface area contributed by atoms with Crippen LogP contribution >= 0.6 is 0 Å². The van der Waals surface area contributed by atoms with E-state index in [1.807, 2.05) is 12.1 Å². The molecule has 0 spiro atoms. The number of rotatable bonds is 4. The van der Waals surface area contributed by atoms with Gasteiger partial charge in [-0.05, 0) is 44.0 Å². The number of sulfonamides is 1. The zero-order chi connectivity index (χ0) is 14.8. The van der Waals surface area contributed by atoms with Crippen molar-refractivity contribution in [2.24, 2.45) is 0 Å². The van der Waals surface area contributed by atoms with Gasteiger partial charge in [0.05, 0.1) is 11.0 Å². The zero-order valence-corrected chi connectivity index (χ0v) is 13.0. The molecule has 6 heteroatoms. The van der Waals surface area contributed by atoms with Crippen molar-refractivity contribution in [3.63, 3.8) is 0 Å². The maximum atomic E-state index is 12.0. The lowest BCUT2D eigenvalue weighted by Crippen LogP contribution is -2.32. The second kappa shape index (κ2) is 6.11. The van der Waals surface area contributed by atoms with Gasteiger partial charge in [-0.15, -0.1) is 0 Å². The topological polar surface area (TPSA) is 58.6 Å². The lowest BCUT2D eigenvalue weighted by molar-refractivity contribution is 0.0232. The minimum Gasteiger partial charge on any atom is -0.382 e. The molecule has 1 heterocycles. The van der Waals surface area contributed by atoms with E-state index in [0.29, 0.717) is 10.9 Å². The van der Waals surface area contributed by atoms with E-state index in [9.17, 15) is 8.42 Å². The number of hydrogen-bond donors (Lipinski definition) is 1. The van der Waals surface area contributed by atoms with Crippen molar-refractivity contribution < 1.29 is 13.2 Å². The lowest BCUT2D eigenvalue weighted by Gasteiger charge is -2.28. The monoisotopic (exact) mass is 298 g/mol. The smallest absolute Gasteiger partial charge is 0.242 e. The van der Waals surface area contributed by atoms with Crippen molar-refractivity contribution >= 4 is 15.7 Å². The quantitative estimate of drug-likeness (QED) is 0.922. The van der Waals surface area contributed by atoms with Crippen molar-refractivity contribution in [1.29, 1.82) is 0 Å². The van der Waals surface area contributed by atoms with Crippen molar-refractivity contribution in [3.05, 3.63) is 24.3 Å². The van der Waals surface area contributed by atoms with E-state index in [1.165, 1.54) is 18.4 Å². The van der Waals surface area contributed by atoms with Gasteiger partial charge in [0.1, 0.15) is 0 Å². The highest BCUT2D eigenvalue weighted by Crippen LogP contribution is 2.21. The maximum absolute atomic E-state index is 12.0. The van der Waals surface area contributed by atoms with E-state index in [2.05, 4.69) is 12.2 Å². The minimum absolute atomic E-state index is 0.273. The Balaban J connectivity index is 2.05. The number of ether oxygens (including phenoxy) is 1. The molecule has 1 aromatic carbocycles. The summed E-state index contributed by atoms with van der Waals surface area (Å²) in [6.45, 7) is 2.84. The standard InChI is InChI=1S/C14H22N2O3S/c1-11-10-13(8-9-19-11)15-12-4-6-14(7-5-12)20(17,18)16(2)3/h4-7,11,13,15H,8-10H2,1-3H3. The van der Waals surface area contributed by atoms with Crippen LogP contribution in [0.4, 0.5) is 5.69 Å². The molecule has 2 rings (SSSR count). The van der Waals surface area contributed by atoms with Gasteiger partial charge >= 0.3 is 0 Å². The fourth-order valence-corrected chi connectivity index (χ4v) is 3.20. The van der Waals surface area contributed by atoms with Gasteiger partial charge in [0.15, 0.2) is 0 Å². The molecule has 1 N–H and O–H groups in total. The second-order valence-electron chi connectivity index (χ2n) is 5.36. The molecule has 2 atom stereocenters. The predicted molar refractivity (Wildman–Crippen MR) is 79.4 cm³/mol. The van der Waals surface area contributed by atoms with Gasteiger partial charge in [-0.1, -0.05) is 0 Å². The van der Waals surface area contributed by atoms with Crippen LogP contribution in [0.5, 0.6) is 0 Å². The average molecular weight is 298 g/mol. The molecular formula is C14H22N2O3S. The first kappa shape index (κ1) is 15.3. The summed E-state index contributed by atoms with van der Waals surface area (Å²) in [6, 6.07) is 7.29. The third-order valence-corrected chi connectivity index (χ3v) is 5.32. The zero-order valence-electron chi connectivity index (χ0n) is 12.2. The van der Waals surface area contributed by atoms with Gasteiger partial charge < -0.3 is 10.1 Å². The molecule has 0 amide bonds. The van der Waals surface area contributed by atoms with Crippen molar-refractivity contribution in [1.82, 2.24) is 4.31 Å². The molecule has 1 saturated heterocycles. The van der Waals surface area contributed by atoms with E-state index < -0.39 is 10.0 Å². The van der Waals surface area contributed by atoms with Crippen LogP contribution in [0.3, 0.4) is 0 Å². The maximum Gasteiger partial charge on any atom is 0.242 e. The van der Waals surface area contributed by atoms with Crippen LogP contribution in [-0.2, 0) is 14.8 Å². The molecule has 5 nitrogen and oxygen atoms in total. The molecule has 1 fully saturated rings. The van der Waals surface area contributed by atoms with Crippen molar-refractivity contribution in [2.45, 2.75) is 36.8 Å². The summed E-state index contributed by atoms with van der Waals surface area (Å²) in [5.74, 6) is 0. The number of hydrogen-bond acceptors (Lipinski definition) is 4. The van der Waals surface area contributed by atoms with Gasteiger partial charge in [0, 0.05) is 32.4 Å². The molecule has 20 heavy (non-hydrogen) atoms. The molecular weight excluding hydrogens is 276 g/mol. The number of nitrogens with zero attached hydrogens (tertiary/aromatic N) is 1. The Labute approximate surface area is 121 Å². The number of nitrogens with one attached hydrogen (secondary N) is 1. The largest absolute Gasteiger partial charge is 0.382 e. The minimum atomic E-state index is -3.35. The first-order valence-corrected chi connectivity index (χ1v) is 8.24. The van der Waals surface area contributed by atoms with E-state index in [1.54, 1.807) is 12.1 Å². The predicted octanol–water partition coefficient (Wildman–Crippen LogP) is 1.92.